The van der Waals surface area contributed by atoms with Gasteiger partial charge in [-0.2, -0.15) is 0 Å². The van der Waals surface area contributed by atoms with Gasteiger partial charge in [-0.15, -0.1) is 0 Å². The Kier molecular flexibility index (Phi) is 13.1. The average Bonchev–Trinajstić information content (AvgIpc) is 2.37. The molecule has 0 fully saturated rings. The zero-order chi connectivity index (χ0) is 13.0. The van der Waals surface area contributed by atoms with Crippen LogP contribution in [0.5, 0.6) is 0 Å². The summed E-state index contributed by atoms with van der Waals surface area (Å²) in [4.78, 5) is 0. The van der Waals surface area contributed by atoms with E-state index in [1.807, 2.05) is 0 Å². The Hall–Kier alpha value is 1.22. The summed E-state index contributed by atoms with van der Waals surface area (Å²) >= 11 is -3.83. The SMILES string of the molecule is CCC[O][Ce]([O]CCC)([O]CCC)[O]CCC. The second-order valence-corrected chi connectivity index (χ2v) is 10.7. The number of hydrogen-bond acceptors (Lipinski definition) is 4. The van der Waals surface area contributed by atoms with Gasteiger partial charge in [0.15, 0.2) is 0 Å². The fourth-order valence-electron chi connectivity index (χ4n) is 1.16. The van der Waals surface area contributed by atoms with Gasteiger partial charge in [-0.3, -0.25) is 0 Å². The summed E-state index contributed by atoms with van der Waals surface area (Å²) in [5.74, 6) is 0. The fourth-order valence-corrected chi connectivity index (χ4v) is 8.43. The second-order valence-electron chi connectivity index (χ2n) is 3.89. The van der Waals surface area contributed by atoms with E-state index in [-0.39, 0.29) is 0 Å². The molecular formula is C12H28CeO4. The molecule has 0 radical (unpaired) electrons. The van der Waals surface area contributed by atoms with Crippen LogP contribution in [0.2, 0.25) is 0 Å². The quantitative estimate of drug-likeness (QED) is 0.522. The van der Waals surface area contributed by atoms with E-state index in [0.29, 0.717) is 26.4 Å². The molecule has 0 aliphatic carbocycles. The Bertz CT molecular complexity index is 129. The molecule has 104 valence electrons. The van der Waals surface area contributed by atoms with Crippen LogP contribution in [0.25, 0.3) is 0 Å². The van der Waals surface area contributed by atoms with E-state index >= 15 is 0 Å². The molecule has 0 aliphatic heterocycles. The van der Waals surface area contributed by atoms with Crippen molar-refractivity contribution in [1.82, 2.24) is 0 Å². The van der Waals surface area contributed by atoms with Crippen LogP contribution in [0.3, 0.4) is 0 Å². The third kappa shape index (κ3) is 8.86. The van der Waals surface area contributed by atoms with E-state index in [2.05, 4.69) is 27.7 Å². The number of hydrogen-bond donors (Lipinski definition) is 0. The van der Waals surface area contributed by atoms with Gasteiger partial charge in [0.2, 0.25) is 0 Å². The molecule has 0 atom stereocenters. The van der Waals surface area contributed by atoms with Gasteiger partial charge in [0.25, 0.3) is 0 Å². The van der Waals surface area contributed by atoms with Crippen molar-refractivity contribution < 1.29 is 39.6 Å². The predicted octanol–water partition coefficient (Wildman–Crippen LogP) is 3.51. The maximum absolute atomic E-state index is 5.84. The minimum atomic E-state index is -3.83. The molecule has 0 aromatic heterocycles. The topological polar surface area (TPSA) is 36.9 Å². The first-order chi connectivity index (χ1) is 8.24. The monoisotopic (exact) mass is 376 g/mol. The molecule has 0 aromatic rings. The van der Waals surface area contributed by atoms with Crippen molar-refractivity contribution in [1.29, 1.82) is 0 Å². The van der Waals surface area contributed by atoms with Crippen LogP contribution in [0.15, 0.2) is 0 Å². The predicted molar refractivity (Wildman–Crippen MR) is 65.0 cm³/mol. The van der Waals surface area contributed by atoms with Crippen molar-refractivity contribution in [3.05, 3.63) is 0 Å². The molecule has 0 N–H and O–H groups in total. The number of rotatable bonds is 12. The summed E-state index contributed by atoms with van der Waals surface area (Å²) in [6, 6.07) is 0. The zero-order valence-electron chi connectivity index (χ0n) is 11.8. The summed E-state index contributed by atoms with van der Waals surface area (Å²) in [5, 5.41) is 0. The van der Waals surface area contributed by atoms with Gasteiger partial charge >= 0.3 is 119 Å². The summed E-state index contributed by atoms with van der Waals surface area (Å²) in [6.45, 7) is 11.0. The molecule has 0 aromatic carbocycles. The molecule has 17 heavy (non-hydrogen) atoms. The van der Waals surface area contributed by atoms with Crippen LogP contribution >= 0.6 is 0 Å². The van der Waals surface area contributed by atoms with Crippen LogP contribution in [0.1, 0.15) is 53.4 Å². The van der Waals surface area contributed by atoms with Crippen molar-refractivity contribution in [2.75, 3.05) is 26.4 Å². The van der Waals surface area contributed by atoms with Gasteiger partial charge < -0.3 is 0 Å². The molecule has 0 unspecified atom stereocenters. The average molecular weight is 376 g/mol. The van der Waals surface area contributed by atoms with Crippen LogP contribution in [-0.4, -0.2) is 26.4 Å². The first-order valence-electron chi connectivity index (χ1n) is 6.80. The molecular weight excluding hydrogens is 348 g/mol. The van der Waals surface area contributed by atoms with Crippen molar-refractivity contribution in [2.45, 2.75) is 53.4 Å². The van der Waals surface area contributed by atoms with Crippen LogP contribution in [0, 0.1) is 35.8 Å². The first kappa shape index (κ1) is 18.2. The molecule has 0 amide bonds. The Labute approximate surface area is 118 Å². The normalized spacial score (nSPS) is 12.0. The van der Waals surface area contributed by atoms with Crippen molar-refractivity contribution in [2.24, 2.45) is 0 Å². The van der Waals surface area contributed by atoms with E-state index in [1.165, 1.54) is 0 Å². The van der Waals surface area contributed by atoms with Gasteiger partial charge in [0.1, 0.15) is 0 Å². The van der Waals surface area contributed by atoms with E-state index in [1.54, 1.807) is 0 Å². The van der Waals surface area contributed by atoms with Gasteiger partial charge in [0, 0.05) is 0 Å². The second kappa shape index (κ2) is 12.3. The maximum atomic E-state index is 5.84. The van der Waals surface area contributed by atoms with E-state index < -0.39 is 35.8 Å². The molecule has 0 bridgehead atoms. The van der Waals surface area contributed by atoms with Crippen LogP contribution in [0.4, 0.5) is 0 Å². The molecule has 4 nitrogen and oxygen atoms in total. The van der Waals surface area contributed by atoms with Gasteiger partial charge in [0.05, 0.1) is 0 Å². The van der Waals surface area contributed by atoms with E-state index in [0.717, 1.165) is 25.7 Å². The molecule has 5 heteroatoms. The molecule has 0 heterocycles. The summed E-state index contributed by atoms with van der Waals surface area (Å²) in [5.41, 5.74) is 0. The standard InChI is InChI=1S/4C3H7O.Ce/c4*1-2-3-4;/h4*2-3H2,1H3;/q4*-1;+4. The van der Waals surface area contributed by atoms with Gasteiger partial charge in [-0.25, -0.2) is 0 Å². The van der Waals surface area contributed by atoms with Crippen molar-refractivity contribution >= 4 is 0 Å². The zero-order valence-corrected chi connectivity index (χ0v) is 14.9. The minimum absolute atomic E-state index is 0.665. The Morgan fingerprint density at radius 1 is 0.529 bits per heavy atom. The van der Waals surface area contributed by atoms with Crippen LogP contribution < -0.4 is 0 Å². The summed E-state index contributed by atoms with van der Waals surface area (Å²) in [7, 11) is 0. The van der Waals surface area contributed by atoms with Crippen molar-refractivity contribution in [3.8, 4) is 0 Å². The Morgan fingerprint density at radius 2 is 0.765 bits per heavy atom. The Morgan fingerprint density at radius 3 is 0.941 bits per heavy atom. The first-order valence-corrected chi connectivity index (χ1v) is 11.9. The molecule has 0 saturated heterocycles. The van der Waals surface area contributed by atoms with E-state index in [4.69, 9.17) is 3.81 Å². The van der Waals surface area contributed by atoms with E-state index in [9.17, 15) is 0 Å². The van der Waals surface area contributed by atoms with Crippen LogP contribution in [-0.2, 0) is 3.81 Å². The summed E-state index contributed by atoms with van der Waals surface area (Å²) in [6.07, 6.45) is 3.84. The summed E-state index contributed by atoms with van der Waals surface area (Å²) < 4.78 is 23.4. The van der Waals surface area contributed by atoms with Crippen molar-refractivity contribution in [3.63, 3.8) is 0 Å². The molecule has 0 aliphatic rings. The molecule has 0 saturated carbocycles. The fraction of sp³-hybridized carbons (Fsp3) is 1.00. The third-order valence-corrected chi connectivity index (χ3v) is 8.94. The van der Waals surface area contributed by atoms with Gasteiger partial charge in [-0.1, -0.05) is 0 Å². The molecule has 0 spiro atoms. The third-order valence-electron chi connectivity index (χ3n) is 1.93. The molecule has 0 rings (SSSR count). The van der Waals surface area contributed by atoms with Gasteiger partial charge in [-0.05, 0) is 0 Å². The Balaban J connectivity index is 4.39.